The second-order valence-electron chi connectivity index (χ2n) is 8.36. The fourth-order valence-electron chi connectivity index (χ4n) is 4.59. The number of aryl methyl sites for hydroxylation is 2. The Morgan fingerprint density at radius 3 is 2.74 bits per heavy atom. The van der Waals surface area contributed by atoms with Gasteiger partial charge in [-0.1, -0.05) is 0 Å². The molecule has 0 unspecified atom stereocenters. The van der Waals surface area contributed by atoms with Crippen LogP contribution in [0, 0.1) is 0 Å². The quantitative estimate of drug-likeness (QED) is 0.413. The van der Waals surface area contributed by atoms with Gasteiger partial charge in [-0.2, -0.15) is 0 Å². The van der Waals surface area contributed by atoms with E-state index in [0.717, 1.165) is 67.2 Å². The number of thiophene rings is 1. The minimum absolute atomic E-state index is 0.495. The van der Waals surface area contributed by atoms with E-state index in [9.17, 15) is 0 Å². The number of aromatic nitrogens is 6. The van der Waals surface area contributed by atoms with Crippen LogP contribution in [-0.2, 0) is 24.1 Å². The average Bonchev–Trinajstić information content (AvgIpc) is 3.60. The summed E-state index contributed by atoms with van der Waals surface area (Å²) in [5.74, 6) is 3.23. The molecule has 1 saturated heterocycles. The van der Waals surface area contributed by atoms with Crippen LogP contribution in [0.1, 0.15) is 22.7 Å². The first-order valence-corrected chi connectivity index (χ1v) is 12.2. The summed E-state index contributed by atoms with van der Waals surface area (Å²) in [4.78, 5) is 16.1. The standard InChI is InChI=1S/C23H25N7O3S/c1-31-16-7-6-14(12-17(16)32-2)21-26-28-30(27-21)22-20-15-4-3-5-18(15)34-23(20)25-19(24-22)13-29-8-10-33-11-9-29/h6-7,12H,3-5,8-11,13H2,1-2H3. The highest BCUT2D eigenvalue weighted by Gasteiger charge is 2.25. The van der Waals surface area contributed by atoms with Crippen LogP contribution in [0.2, 0.25) is 0 Å². The molecule has 34 heavy (non-hydrogen) atoms. The van der Waals surface area contributed by atoms with Gasteiger partial charge in [0.05, 0.1) is 39.4 Å². The zero-order valence-corrected chi connectivity index (χ0v) is 20.0. The Bertz CT molecular complexity index is 1350. The van der Waals surface area contributed by atoms with Gasteiger partial charge in [0.2, 0.25) is 5.82 Å². The van der Waals surface area contributed by atoms with Gasteiger partial charge in [-0.15, -0.1) is 26.3 Å². The van der Waals surface area contributed by atoms with Crippen molar-refractivity contribution in [1.82, 2.24) is 35.1 Å². The van der Waals surface area contributed by atoms with Crippen LogP contribution >= 0.6 is 11.3 Å². The number of hydrogen-bond acceptors (Lipinski definition) is 10. The number of methoxy groups -OCH3 is 2. The van der Waals surface area contributed by atoms with Crippen LogP contribution in [0.15, 0.2) is 18.2 Å². The van der Waals surface area contributed by atoms with Crippen LogP contribution in [0.5, 0.6) is 11.5 Å². The molecule has 0 atom stereocenters. The van der Waals surface area contributed by atoms with Crippen LogP contribution in [0.25, 0.3) is 27.4 Å². The van der Waals surface area contributed by atoms with Crippen molar-refractivity contribution in [3.63, 3.8) is 0 Å². The lowest BCUT2D eigenvalue weighted by Gasteiger charge is -2.25. The third-order valence-corrected chi connectivity index (χ3v) is 7.49. The van der Waals surface area contributed by atoms with Crippen molar-refractivity contribution in [1.29, 1.82) is 0 Å². The fraction of sp³-hybridized carbons (Fsp3) is 0.435. The molecule has 0 N–H and O–H groups in total. The third kappa shape index (κ3) is 3.79. The van der Waals surface area contributed by atoms with E-state index >= 15 is 0 Å². The Kier molecular flexibility index (Phi) is 5.60. The van der Waals surface area contributed by atoms with E-state index in [0.29, 0.717) is 29.7 Å². The number of morpholine rings is 1. The molecular weight excluding hydrogens is 454 g/mol. The first-order valence-electron chi connectivity index (χ1n) is 11.4. The topological polar surface area (TPSA) is 100 Å². The lowest BCUT2D eigenvalue weighted by Crippen LogP contribution is -2.36. The van der Waals surface area contributed by atoms with E-state index in [1.807, 2.05) is 18.2 Å². The number of tetrazole rings is 1. The molecule has 176 valence electrons. The zero-order valence-electron chi connectivity index (χ0n) is 19.2. The van der Waals surface area contributed by atoms with Gasteiger partial charge in [-0.25, -0.2) is 9.97 Å². The number of hydrogen-bond donors (Lipinski definition) is 0. The minimum Gasteiger partial charge on any atom is -0.493 e. The molecule has 0 bridgehead atoms. The molecule has 4 heterocycles. The maximum atomic E-state index is 5.49. The number of rotatable bonds is 6. The van der Waals surface area contributed by atoms with E-state index in [4.69, 9.17) is 29.3 Å². The largest absolute Gasteiger partial charge is 0.493 e. The van der Waals surface area contributed by atoms with Gasteiger partial charge in [-0.3, -0.25) is 4.90 Å². The highest BCUT2D eigenvalue weighted by molar-refractivity contribution is 7.19. The zero-order chi connectivity index (χ0) is 23.1. The van der Waals surface area contributed by atoms with E-state index < -0.39 is 0 Å². The lowest BCUT2D eigenvalue weighted by atomic mass is 10.2. The molecule has 2 aliphatic rings. The molecule has 0 saturated carbocycles. The van der Waals surface area contributed by atoms with Crippen molar-refractivity contribution >= 4 is 21.6 Å². The summed E-state index contributed by atoms with van der Waals surface area (Å²) in [7, 11) is 3.22. The second-order valence-corrected chi connectivity index (χ2v) is 9.45. The number of nitrogens with zero attached hydrogens (tertiary/aromatic N) is 7. The highest BCUT2D eigenvalue weighted by atomic mass is 32.1. The fourth-order valence-corrected chi connectivity index (χ4v) is 5.86. The summed E-state index contributed by atoms with van der Waals surface area (Å²) in [6.07, 6.45) is 3.29. The predicted octanol–water partition coefficient (Wildman–Crippen LogP) is 2.67. The van der Waals surface area contributed by atoms with Crippen molar-refractivity contribution < 1.29 is 14.2 Å². The first kappa shape index (κ1) is 21.4. The SMILES string of the molecule is COc1ccc(-c2nnn(-c3nc(CN4CCOCC4)nc4sc5c(c34)CCC5)n2)cc1OC. The van der Waals surface area contributed by atoms with Gasteiger partial charge < -0.3 is 14.2 Å². The Balaban J connectivity index is 1.42. The Morgan fingerprint density at radius 1 is 1.06 bits per heavy atom. The molecule has 0 spiro atoms. The summed E-state index contributed by atoms with van der Waals surface area (Å²) in [6.45, 7) is 3.90. The van der Waals surface area contributed by atoms with Crippen molar-refractivity contribution in [2.75, 3.05) is 40.5 Å². The summed E-state index contributed by atoms with van der Waals surface area (Å²) in [5, 5.41) is 14.5. The molecule has 1 aliphatic carbocycles. The molecule has 1 aromatic carbocycles. The van der Waals surface area contributed by atoms with Crippen molar-refractivity contribution in [2.24, 2.45) is 0 Å². The van der Waals surface area contributed by atoms with E-state index in [1.54, 1.807) is 30.4 Å². The summed E-state index contributed by atoms with van der Waals surface area (Å²) in [6, 6.07) is 5.58. The molecular formula is C23H25N7O3S. The smallest absolute Gasteiger partial charge is 0.205 e. The molecule has 4 aromatic rings. The number of benzene rings is 1. The predicted molar refractivity (Wildman–Crippen MR) is 127 cm³/mol. The van der Waals surface area contributed by atoms with Crippen molar-refractivity contribution in [3.05, 3.63) is 34.5 Å². The maximum Gasteiger partial charge on any atom is 0.205 e. The first-order chi connectivity index (χ1) is 16.7. The molecule has 1 fully saturated rings. The highest BCUT2D eigenvalue weighted by Crippen LogP contribution is 2.39. The number of ether oxygens (including phenoxy) is 3. The Hall–Kier alpha value is -3.15. The van der Waals surface area contributed by atoms with Gasteiger partial charge in [-0.05, 0) is 48.2 Å². The molecule has 3 aromatic heterocycles. The second kappa shape index (κ2) is 8.90. The van der Waals surface area contributed by atoms with Gasteiger partial charge in [0.25, 0.3) is 0 Å². The van der Waals surface area contributed by atoms with E-state index in [1.165, 1.54) is 10.4 Å². The maximum absolute atomic E-state index is 5.49. The van der Waals surface area contributed by atoms with Crippen LogP contribution in [0.3, 0.4) is 0 Å². The van der Waals surface area contributed by atoms with Crippen LogP contribution < -0.4 is 9.47 Å². The van der Waals surface area contributed by atoms with E-state index in [-0.39, 0.29) is 0 Å². The Morgan fingerprint density at radius 2 is 1.91 bits per heavy atom. The lowest BCUT2D eigenvalue weighted by molar-refractivity contribution is 0.0331. The number of fused-ring (bicyclic) bond motifs is 3. The summed E-state index contributed by atoms with van der Waals surface area (Å²) < 4.78 is 16.3. The Labute approximate surface area is 200 Å². The monoisotopic (exact) mass is 479 g/mol. The minimum atomic E-state index is 0.495. The normalized spacial score (nSPS) is 16.2. The molecule has 0 amide bonds. The summed E-state index contributed by atoms with van der Waals surface area (Å²) in [5.41, 5.74) is 2.12. The molecule has 0 radical (unpaired) electrons. The summed E-state index contributed by atoms with van der Waals surface area (Å²) >= 11 is 1.77. The van der Waals surface area contributed by atoms with Crippen LogP contribution in [0.4, 0.5) is 0 Å². The van der Waals surface area contributed by atoms with Crippen molar-refractivity contribution in [3.8, 4) is 28.7 Å². The van der Waals surface area contributed by atoms with E-state index in [2.05, 4.69) is 15.2 Å². The third-order valence-electron chi connectivity index (χ3n) is 6.31. The van der Waals surface area contributed by atoms with Gasteiger partial charge in [0.1, 0.15) is 10.7 Å². The molecule has 1 aliphatic heterocycles. The van der Waals surface area contributed by atoms with Gasteiger partial charge in [0.15, 0.2) is 17.3 Å². The average molecular weight is 480 g/mol. The van der Waals surface area contributed by atoms with Crippen LogP contribution in [-0.4, -0.2) is 75.6 Å². The van der Waals surface area contributed by atoms with Crippen molar-refractivity contribution in [2.45, 2.75) is 25.8 Å². The molecule has 11 heteroatoms. The van der Waals surface area contributed by atoms with Gasteiger partial charge >= 0.3 is 0 Å². The molecule has 10 nitrogen and oxygen atoms in total. The van der Waals surface area contributed by atoms with Gasteiger partial charge in [0, 0.05) is 23.5 Å². The molecule has 6 rings (SSSR count).